The maximum Gasteiger partial charge on any atom is 0.160 e. The van der Waals surface area contributed by atoms with E-state index in [4.69, 9.17) is 5.73 Å². The Bertz CT molecular complexity index is 511. The van der Waals surface area contributed by atoms with Gasteiger partial charge in [-0.2, -0.15) is 0 Å². The Morgan fingerprint density at radius 1 is 1.31 bits per heavy atom. The van der Waals surface area contributed by atoms with Crippen LogP contribution >= 0.6 is 15.9 Å². The first-order valence-corrected chi connectivity index (χ1v) is 5.78. The SMILES string of the molecule is Cc1ccc(-c2nccc(CN)n2)c(Br)c1. The molecule has 0 spiro atoms. The Hall–Kier alpha value is -1.26. The maximum atomic E-state index is 5.56. The Morgan fingerprint density at radius 3 is 2.81 bits per heavy atom. The number of rotatable bonds is 2. The fraction of sp³-hybridized carbons (Fsp3) is 0.167. The molecular weight excluding hydrogens is 266 g/mol. The molecule has 2 rings (SSSR count). The second-order valence-corrected chi connectivity index (χ2v) is 4.41. The van der Waals surface area contributed by atoms with E-state index in [2.05, 4.69) is 25.9 Å². The number of aryl methyl sites for hydroxylation is 1. The van der Waals surface area contributed by atoms with Gasteiger partial charge in [0.05, 0.1) is 5.69 Å². The lowest BCUT2D eigenvalue weighted by Gasteiger charge is -2.05. The van der Waals surface area contributed by atoms with Crippen molar-refractivity contribution in [1.29, 1.82) is 0 Å². The Kier molecular flexibility index (Phi) is 3.31. The Labute approximate surface area is 103 Å². The summed E-state index contributed by atoms with van der Waals surface area (Å²) in [6.07, 6.45) is 1.73. The molecule has 4 heteroatoms. The molecule has 0 aliphatic heterocycles. The van der Waals surface area contributed by atoms with Gasteiger partial charge in [0.2, 0.25) is 0 Å². The summed E-state index contributed by atoms with van der Waals surface area (Å²) in [4.78, 5) is 8.64. The van der Waals surface area contributed by atoms with Crippen molar-refractivity contribution in [2.75, 3.05) is 0 Å². The van der Waals surface area contributed by atoms with Crippen molar-refractivity contribution < 1.29 is 0 Å². The van der Waals surface area contributed by atoms with Crippen LogP contribution in [0.15, 0.2) is 34.9 Å². The fourth-order valence-electron chi connectivity index (χ4n) is 1.44. The first-order chi connectivity index (χ1) is 7.70. The zero-order chi connectivity index (χ0) is 11.5. The minimum absolute atomic E-state index is 0.430. The second kappa shape index (κ2) is 4.72. The van der Waals surface area contributed by atoms with Crippen LogP contribution < -0.4 is 5.73 Å². The van der Waals surface area contributed by atoms with Crippen LogP contribution in [0.5, 0.6) is 0 Å². The monoisotopic (exact) mass is 277 g/mol. The number of nitrogens with zero attached hydrogens (tertiary/aromatic N) is 2. The van der Waals surface area contributed by atoms with Crippen molar-refractivity contribution in [1.82, 2.24) is 9.97 Å². The minimum Gasteiger partial charge on any atom is -0.325 e. The van der Waals surface area contributed by atoms with Gasteiger partial charge in [-0.05, 0) is 30.7 Å². The zero-order valence-corrected chi connectivity index (χ0v) is 10.5. The molecule has 0 unspecified atom stereocenters. The highest BCUT2D eigenvalue weighted by atomic mass is 79.9. The molecule has 3 nitrogen and oxygen atoms in total. The van der Waals surface area contributed by atoms with Gasteiger partial charge in [-0.25, -0.2) is 9.97 Å². The number of benzene rings is 1. The third-order valence-electron chi connectivity index (χ3n) is 2.29. The predicted molar refractivity (Wildman–Crippen MR) is 67.8 cm³/mol. The summed E-state index contributed by atoms with van der Waals surface area (Å²) in [6.45, 7) is 2.48. The number of hydrogen-bond donors (Lipinski definition) is 1. The quantitative estimate of drug-likeness (QED) is 0.918. The van der Waals surface area contributed by atoms with Crippen molar-refractivity contribution in [2.24, 2.45) is 5.73 Å². The van der Waals surface area contributed by atoms with Crippen molar-refractivity contribution in [3.05, 3.63) is 46.2 Å². The summed E-state index contributed by atoms with van der Waals surface area (Å²) in [5.74, 6) is 0.704. The largest absolute Gasteiger partial charge is 0.325 e. The molecule has 82 valence electrons. The summed E-state index contributed by atoms with van der Waals surface area (Å²) in [5, 5.41) is 0. The molecule has 0 saturated carbocycles. The van der Waals surface area contributed by atoms with Crippen molar-refractivity contribution in [3.63, 3.8) is 0 Å². The van der Waals surface area contributed by atoms with E-state index in [0.29, 0.717) is 12.4 Å². The van der Waals surface area contributed by atoms with Crippen LogP contribution in [0.2, 0.25) is 0 Å². The van der Waals surface area contributed by atoms with Gasteiger partial charge in [-0.3, -0.25) is 0 Å². The summed E-state index contributed by atoms with van der Waals surface area (Å²) in [7, 11) is 0. The van der Waals surface area contributed by atoms with E-state index in [1.807, 2.05) is 31.2 Å². The van der Waals surface area contributed by atoms with Crippen LogP contribution in [-0.2, 0) is 6.54 Å². The first-order valence-electron chi connectivity index (χ1n) is 4.99. The Balaban J connectivity index is 2.49. The minimum atomic E-state index is 0.430. The third kappa shape index (κ3) is 2.28. The highest BCUT2D eigenvalue weighted by Gasteiger charge is 2.06. The number of aromatic nitrogens is 2. The van der Waals surface area contributed by atoms with Crippen molar-refractivity contribution in [3.8, 4) is 11.4 Å². The predicted octanol–water partition coefficient (Wildman–Crippen LogP) is 2.67. The van der Waals surface area contributed by atoms with Crippen LogP contribution in [-0.4, -0.2) is 9.97 Å². The molecule has 0 fully saturated rings. The van der Waals surface area contributed by atoms with Crippen molar-refractivity contribution >= 4 is 15.9 Å². The van der Waals surface area contributed by atoms with Gasteiger partial charge in [0.15, 0.2) is 5.82 Å². The van der Waals surface area contributed by atoms with E-state index in [-0.39, 0.29) is 0 Å². The molecule has 0 aliphatic rings. The van der Waals surface area contributed by atoms with Gasteiger partial charge in [0.1, 0.15) is 0 Å². The molecule has 0 aliphatic carbocycles. The van der Waals surface area contributed by atoms with E-state index in [9.17, 15) is 0 Å². The van der Waals surface area contributed by atoms with E-state index in [0.717, 1.165) is 15.7 Å². The number of hydrogen-bond acceptors (Lipinski definition) is 3. The molecule has 16 heavy (non-hydrogen) atoms. The highest BCUT2D eigenvalue weighted by molar-refractivity contribution is 9.10. The fourth-order valence-corrected chi connectivity index (χ4v) is 2.11. The molecule has 2 aromatic rings. The van der Waals surface area contributed by atoms with Crippen LogP contribution in [0, 0.1) is 6.92 Å². The number of nitrogens with two attached hydrogens (primary N) is 1. The third-order valence-corrected chi connectivity index (χ3v) is 2.94. The molecule has 1 aromatic carbocycles. The van der Waals surface area contributed by atoms with Gasteiger partial charge in [0.25, 0.3) is 0 Å². The normalized spacial score (nSPS) is 10.4. The molecule has 0 saturated heterocycles. The number of halogens is 1. The zero-order valence-electron chi connectivity index (χ0n) is 8.94. The summed E-state index contributed by atoms with van der Waals surface area (Å²) in [6, 6.07) is 7.92. The molecule has 0 amide bonds. The van der Waals surface area contributed by atoms with Gasteiger partial charge in [-0.15, -0.1) is 0 Å². The molecule has 0 radical (unpaired) electrons. The summed E-state index contributed by atoms with van der Waals surface area (Å²) >= 11 is 3.52. The molecule has 0 atom stereocenters. The topological polar surface area (TPSA) is 51.8 Å². The van der Waals surface area contributed by atoms with Crippen molar-refractivity contribution in [2.45, 2.75) is 13.5 Å². The van der Waals surface area contributed by atoms with E-state index < -0.39 is 0 Å². The van der Waals surface area contributed by atoms with E-state index in [1.165, 1.54) is 5.56 Å². The van der Waals surface area contributed by atoms with Gasteiger partial charge in [0, 0.05) is 22.8 Å². The molecular formula is C12H12BrN3. The van der Waals surface area contributed by atoms with Crippen LogP contribution in [0.3, 0.4) is 0 Å². The van der Waals surface area contributed by atoms with E-state index >= 15 is 0 Å². The van der Waals surface area contributed by atoms with E-state index in [1.54, 1.807) is 6.20 Å². The molecule has 1 heterocycles. The van der Waals surface area contributed by atoms with Gasteiger partial charge < -0.3 is 5.73 Å². The van der Waals surface area contributed by atoms with Gasteiger partial charge >= 0.3 is 0 Å². The smallest absolute Gasteiger partial charge is 0.160 e. The lowest BCUT2D eigenvalue weighted by Crippen LogP contribution is -2.01. The average molecular weight is 278 g/mol. The summed E-state index contributed by atoms with van der Waals surface area (Å²) < 4.78 is 1.00. The lowest BCUT2D eigenvalue weighted by atomic mass is 10.1. The Morgan fingerprint density at radius 2 is 2.12 bits per heavy atom. The van der Waals surface area contributed by atoms with Gasteiger partial charge in [-0.1, -0.05) is 22.0 Å². The second-order valence-electron chi connectivity index (χ2n) is 3.56. The molecule has 2 N–H and O–H groups in total. The lowest BCUT2D eigenvalue weighted by molar-refractivity contribution is 0.969. The van der Waals surface area contributed by atoms with Crippen LogP contribution in [0.1, 0.15) is 11.3 Å². The average Bonchev–Trinajstić information content (AvgIpc) is 2.29. The van der Waals surface area contributed by atoms with Crippen LogP contribution in [0.25, 0.3) is 11.4 Å². The maximum absolute atomic E-state index is 5.56. The standard InChI is InChI=1S/C12H12BrN3/c1-8-2-3-10(11(13)6-8)12-15-5-4-9(7-14)16-12/h2-6H,7,14H2,1H3. The first kappa shape index (κ1) is 11.2. The summed E-state index contributed by atoms with van der Waals surface area (Å²) in [5.41, 5.74) is 8.59. The molecule has 1 aromatic heterocycles. The van der Waals surface area contributed by atoms with Crippen LogP contribution in [0.4, 0.5) is 0 Å². The highest BCUT2D eigenvalue weighted by Crippen LogP contribution is 2.26. The molecule has 0 bridgehead atoms.